The first-order valence-corrected chi connectivity index (χ1v) is 6.81. The largest absolute Gasteiger partial charge is 0.395 e. The van der Waals surface area contributed by atoms with Crippen LogP contribution < -0.4 is 10.6 Å². The van der Waals surface area contributed by atoms with Gasteiger partial charge in [-0.3, -0.25) is 9.59 Å². The Balaban J connectivity index is 2.23. The molecule has 1 unspecified atom stereocenters. The van der Waals surface area contributed by atoms with Crippen LogP contribution in [0.4, 0.5) is 0 Å². The van der Waals surface area contributed by atoms with Gasteiger partial charge in [0.05, 0.1) is 6.61 Å². The van der Waals surface area contributed by atoms with Crippen molar-refractivity contribution in [3.8, 4) is 0 Å². The molecule has 104 valence electrons. The maximum absolute atomic E-state index is 11.9. The molecule has 1 rings (SSSR count). The molecule has 0 bridgehead atoms. The molecule has 1 aliphatic rings. The summed E-state index contributed by atoms with van der Waals surface area (Å²) >= 11 is 0. The van der Waals surface area contributed by atoms with E-state index in [-0.39, 0.29) is 43.3 Å². The van der Waals surface area contributed by atoms with E-state index < -0.39 is 0 Å². The molecular weight excluding hydrogens is 232 g/mol. The predicted octanol–water partition coefficient (Wildman–Crippen LogP) is 0.570. The highest BCUT2D eigenvalue weighted by atomic mass is 16.3. The number of amides is 2. The van der Waals surface area contributed by atoms with E-state index in [0.29, 0.717) is 0 Å². The van der Waals surface area contributed by atoms with Gasteiger partial charge in [0.25, 0.3) is 0 Å². The van der Waals surface area contributed by atoms with Gasteiger partial charge < -0.3 is 15.7 Å². The molecular formula is C13H24N2O3. The maximum Gasteiger partial charge on any atom is 0.223 e. The summed E-state index contributed by atoms with van der Waals surface area (Å²) in [5.41, 5.74) is 0. The second kappa shape index (κ2) is 8.08. The van der Waals surface area contributed by atoms with Crippen LogP contribution in [-0.2, 0) is 9.59 Å². The average molecular weight is 256 g/mol. The molecule has 3 N–H and O–H groups in total. The van der Waals surface area contributed by atoms with E-state index in [1.54, 1.807) is 0 Å². The third-order valence-corrected chi connectivity index (χ3v) is 3.29. The molecule has 0 heterocycles. The third kappa shape index (κ3) is 5.49. The molecule has 0 saturated heterocycles. The summed E-state index contributed by atoms with van der Waals surface area (Å²) in [6.45, 7) is 2.04. The van der Waals surface area contributed by atoms with E-state index in [1.807, 2.05) is 6.92 Å². The summed E-state index contributed by atoms with van der Waals surface area (Å²) < 4.78 is 0. The molecule has 0 spiro atoms. The topological polar surface area (TPSA) is 78.4 Å². The average Bonchev–Trinajstić information content (AvgIpc) is 2.37. The van der Waals surface area contributed by atoms with Gasteiger partial charge in [0, 0.05) is 24.9 Å². The van der Waals surface area contributed by atoms with E-state index in [9.17, 15) is 9.59 Å². The zero-order valence-corrected chi connectivity index (χ0v) is 11.1. The lowest BCUT2D eigenvalue weighted by Gasteiger charge is -2.23. The highest BCUT2D eigenvalue weighted by Crippen LogP contribution is 2.23. The first kappa shape index (κ1) is 15.0. The van der Waals surface area contributed by atoms with Crippen molar-refractivity contribution < 1.29 is 14.7 Å². The maximum atomic E-state index is 11.9. The summed E-state index contributed by atoms with van der Waals surface area (Å²) in [6, 6.07) is -0.155. The Kier molecular flexibility index (Phi) is 6.72. The van der Waals surface area contributed by atoms with Crippen molar-refractivity contribution in [3.63, 3.8) is 0 Å². The molecule has 5 nitrogen and oxygen atoms in total. The molecule has 18 heavy (non-hydrogen) atoms. The minimum Gasteiger partial charge on any atom is -0.395 e. The summed E-state index contributed by atoms with van der Waals surface area (Å²) in [5, 5.41) is 14.1. The molecule has 1 aliphatic carbocycles. The van der Waals surface area contributed by atoms with Crippen LogP contribution in [0.3, 0.4) is 0 Å². The van der Waals surface area contributed by atoms with Gasteiger partial charge >= 0.3 is 0 Å². The Labute approximate surface area is 108 Å². The van der Waals surface area contributed by atoms with Crippen LogP contribution in [0, 0.1) is 5.92 Å². The Morgan fingerprint density at radius 3 is 2.56 bits per heavy atom. The molecule has 1 atom stereocenters. The SMILES string of the molecule is CC(CC(=O)NCCO)NC(=O)C1CCCCC1. The van der Waals surface area contributed by atoms with E-state index >= 15 is 0 Å². The first-order valence-electron chi connectivity index (χ1n) is 6.81. The molecule has 1 saturated carbocycles. The van der Waals surface area contributed by atoms with Crippen LogP contribution in [-0.4, -0.2) is 36.1 Å². The molecule has 0 aromatic rings. The van der Waals surface area contributed by atoms with Crippen molar-refractivity contribution in [2.24, 2.45) is 5.92 Å². The van der Waals surface area contributed by atoms with Crippen molar-refractivity contribution >= 4 is 11.8 Å². The lowest BCUT2D eigenvalue weighted by molar-refractivity contribution is -0.127. The minimum absolute atomic E-state index is 0.0610. The van der Waals surface area contributed by atoms with E-state index in [0.717, 1.165) is 25.7 Å². The second-order valence-corrected chi connectivity index (χ2v) is 5.02. The van der Waals surface area contributed by atoms with Crippen LogP contribution in [0.25, 0.3) is 0 Å². The quantitative estimate of drug-likeness (QED) is 0.650. The number of carbonyl (C=O) groups is 2. The summed E-state index contributed by atoms with van der Waals surface area (Å²) in [6.07, 6.45) is 5.68. The van der Waals surface area contributed by atoms with Gasteiger partial charge in [-0.2, -0.15) is 0 Å². The van der Waals surface area contributed by atoms with Gasteiger partial charge in [-0.25, -0.2) is 0 Å². The van der Waals surface area contributed by atoms with Crippen LogP contribution in [0.15, 0.2) is 0 Å². The van der Waals surface area contributed by atoms with Crippen molar-refractivity contribution in [1.82, 2.24) is 10.6 Å². The molecule has 5 heteroatoms. The van der Waals surface area contributed by atoms with Crippen molar-refractivity contribution in [1.29, 1.82) is 0 Å². The predicted molar refractivity (Wildman–Crippen MR) is 68.9 cm³/mol. The van der Waals surface area contributed by atoms with Gasteiger partial charge in [-0.15, -0.1) is 0 Å². The molecule has 0 aliphatic heterocycles. The van der Waals surface area contributed by atoms with Gasteiger partial charge in [0.2, 0.25) is 11.8 Å². The van der Waals surface area contributed by atoms with Gasteiger partial charge in [-0.05, 0) is 19.8 Å². The Bertz CT molecular complexity index is 275. The summed E-state index contributed by atoms with van der Waals surface area (Å²) in [5.74, 6) is 0.0688. The van der Waals surface area contributed by atoms with Crippen molar-refractivity contribution in [2.75, 3.05) is 13.2 Å². The number of aliphatic hydroxyl groups is 1. The normalized spacial score (nSPS) is 18.1. The lowest BCUT2D eigenvalue weighted by atomic mass is 9.88. The highest BCUT2D eigenvalue weighted by molar-refractivity contribution is 5.81. The molecule has 0 aromatic heterocycles. The smallest absolute Gasteiger partial charge is 0.223 e. The van der Waals surface area contributed by atoms with Gasteiger partial charge in [-0.1, -0.05) is 19.3 Å². The lowest BCUT2D eigenvalue weighted by Crippen LogP contribution is -2.41. The zero-order chi connectivity index (χ0) is 13.4. The van der Waals surface area contributed by atoms with Gasteiger partial charge in [0.1, 0.15) is 0 Å². The number of hydrogen-bond donors (Lipinski definition) is 3. The number of aliphatic hydroxyl groups excluding tert-OH is 1. The Morgan fingerprint density at radius 2 is 1.94 bits per heavy atom. The number of carbonyl (C=O) groups excluding carboxylic acids is 2. The fourth-order valence-electron chi connectivity index (χ4n) is 2.32. The molecule has 0 radical (unpaired) electrons. The van der Waals surface area contributed by atoms with Gasteiger partial charge in [0.15, 0.2) is 0 Å². The van der Waals surface area contributed by atoms with Crippen LogP contribution >= 0.6 is 0 Å². The van der Waals surface area contributed by atoms with Crippen LogP contribution in [0.1, 0.15) is 45.4 Å². The summed E-state index contributed by atoms with van der Waals surface area (Å²) in [7, 11) is 0. The fourth-order valence-corrected chi connectivity index (χ4v) is 2.32. The Morgan fingerprint density at radius 1 is 1.28 bits per heavy atom. The summed E-state index contributed by atoms with van der Waals surface area (Å²) in [4.78, 5) is 23.3. The standard InChI is InChI=1S/C13H24N2O3/c1-10(9-12(17)14-7-8-16)15-13(18)11-5-3-2-4-6-11/h10-11,16H,2-9H2,1H3,(H,14,17)(H,15,18). The van der Waals surface area contributed by atoms with E-state index in [4.69, 9.17) is 5.11 Å². The number of hydrogen-bond acceptors (Lipinski definition) is 3. The number of nitrogens with one attached hydrogen (secondary N) is 2. The molecule has 0 aromatic carbocycles. The minimum atomic E-state index is -0.155. The second-order valence-electron chi connectivity index (χ2n) is 5.02. The number of rotatable bonds is 6. The monoisotopic (exact) mass is 256 g/mol. The molecule has 1 fully saturated rings. The highest BCUT2D eigenvalue weighted by Gasteiger charge is 2.22. The third-order valence-electron chi connectivity index (χ3n) is 3.29. The molecule has 2 amide bonds. The zero-order valence-electron chi connectivity index (χ0n) is 11.1. The van der Waals surface area contributed by atoms with E-state index in [2.05, 4.69) is 10.6 Å². The van der Waals surface area contributed by atoms with Crippen molar-refractivity contribution in [2.45, 2.75) is 51.5 Å². The fraction of sp³-hybridized carbons (Fsp3) is 0.846. The Hall–Kier alpha value is -1.10. The van der Waals surface area contributed by atoms with Crippen LogP contribution in [0.5, 0.6) is 0 Å². The van der Waals surface area contributed by atoms with E-state index in [1.165, 1.54) is 6.42 Å². The first-order chi connectivity index (χ1) is 8.63. The van der Waals surface area contributed by atoms with Crippen LogP contribution in [0.2, 0.25) is 0 Å². The van der Waals surface area contributed by atoms with Crippen molar-refractivity contribution in [3.05, 3.63) is 0 Å².